The number of ether oxygens (including phenoxy) is 1. The Hall–Kier alpha value is -0.0800. The molecule has 1 rings (SSSR count). The number of hydrogen-bond acceptors (Lipinski definition) is 2. The summed E-state index contributed by atoms with van der Waals surface area (Å²) in [6.07, 6.45) is -1.55. The molecule has 0 aromatic carbocycles. The second-order valence-electron chi connectivity index (χ2n) is 1.91. The normalized spacial score (nSPS) is 72.8. The predicted molar refractivity (Wildman–Crippen MR) is 32.9 cm³/mol. The summed E-state index contributed by atoms with van der Waals surface area (Å²) in [5.74, 6) is 0. The highest BCUT2D eigenvalue weighted by atomic mass is 16.5. The van der Waals surface area contributed by atoms with Crippen molar-refractivity contribution in [3.05, 3.63) is 0 Å². The van der Waals surface area contributed by atoms with Crippen molar-refractivity contribution in [1.29, 1.82) is 0 Å². The maximum Gasteiger partial charge on any atom is 0.0675 e. The SMILES string of the molecule is [2H]C1NC([2H])C([2H])(C)OC1C. The summed E-state index contributed by atoms with van der Waals surface area (Å²) < 4.78 is 27.3. The van der Waals surface area contributed by atoms with Gasteiger partial charge in [0.1, 0.15) is 0 Å². The molecule has 0 radical (unpaired) electrons. The monoisotopic (exact) mass is 118 g/mol. The molecule has 1 N–H and O–H groups in total. The average Bonchev–Trinajstić information content (AvgIpc) is 1.83. The highest BCUT2D eigenvalue weighted by Crippen LogP contribution is 2.00. The molecule has 0 spiro atoms. The van der Waals surface area contributed by atoms with Crippen LogP contribution in [-0.4, -0.2) is 25.2 Å². The van der Waals surface area contributed by atoms with Gasteiger partial charge in [0.2, 0.25) is 0 Å². The number of nitrogens with one attached hydrogen (secondary N) is 1. The fourth-order valence-corrected chi connectivity index (χ4v) is 0.662. The lowest BCUT2D eigenvalue weighted by atomic mass is 10.3. The van der Waals surface area contributed by atoms with E-state index in [1.807, 2.05) is 0 Å². The van der Waals surface area contributed by atoms with Crippen LogP contribution in [0.25, 0.3) is 0 Å². The Bertz CT molecular complexity index is 153. The molecule has 1 saturated heterocycles. The maximum atomic E-state index is 7.50. The van der Waals surface area contributed by atoms with Gasteiger partial charge in [0.05, 0.1) is 13.6 Å². The predicted octanol–water partition coefficient (Wildman–Crippen LogP) is 0.383. The summed E-state index contributed by atoms with van der Waals surface area (Å²) in [6.45, 7) is 1.83. The van der Waals surface area contributed by atoms with E-state index in [9.17, 15) is 0 Å². The topological polar surface area (TPSA) is 21.3 Å². The first kappa shape index (κ1) is 3.18. The summed E-state index contributed by atoms with van der Waals surface area (Å²) in [5.41, 5.74) is 0. The number of rotatable bonds is 0. The van der Waals surface area contributed by atoms with Gasteiger partial charge in [-0.05, 0) is 13.8 Å². The molecule has 1 fully saturated rings. The smallest absolute Gasteiger partial charge is 0.0675 e. The van der Waals surface area contributed by atoms with Crippen LogP contribution in [-0.2, 0) is 4.74 Å². The summed E-state index contributed by atoms with van der Waals surface area (Å²) in [6, 6.07) is 0. The van der Waals surface area contributed by atoms with Gasteiger partial charge in [0.15, 0.2) is 0 Å². The molecule has 48 valence electrons. The van der Waals surface area contributed by atoms with E-state index in [0.717, 1.165) is 0 Å². The molecule has 2 heteroatoms. The van der Waals surface area contributed by atoms with Crippen molar-refractivity contribution in [3.8, 4) is 0 Å². The number of hydrogen-bond donors (Lipinski definition) is 1. The molecule has 0 aromatic rings. The van der Waals surface area contributed by atoms with Crippen LogP contribution >= 0.6 is 0 Å². The lowest BCUT2D eigenvalue weighted by Crippen LogP contribution is -2.41. The maximum absolute atomic E-state index is 7.50. The fourth-order valence-electron chi connectivity index (χ4n) is 0.662. The Morgan fingerprint density at radius 3 is 3.12 bits per heavy atom. The average molecular weight is 118 g/mol. The van der Waals surface area contributed by atoms with Crippen LogP contribution in [0.3, 0.4) is 0 Å². The molecular formula is C6H13NO. The van der Waals surface area contributed by atoms with Gasteiger partial charge >= 0.3 is 0 Å². The fraction of sp³-hybridized carbons (Fsp3) is 1.00. The minimum absolute atomic E-state index is 0.320. The van der Waals surface area contributed by atoms with E-state index < -0.39 is 19.1 Å². The lowest BCUT2D eigenvalue weighted by Gasteiger charge is -2.25. The third-order valence-electron chi connectivity index (χ3n) is 0.989. The van der Waals surface area contributed by atoms with Crippen molar-refractivity contribution in [2.24, 2.45) is 0 Å². The number of morpholine rings is 1. The van der Waals surface area contributed by atoms with E-state index in [2.05, 4.69) is 5.32 Å². The van der Waals surface area contributed by atoms with Crippen molar-refractivity contribution in [2.75, 3.05) is 13.0 Å². The molecule has 4 unspecified atom stereocenters. The first-order valence-electron chi connectivity index (χ1n) is 4.37. The first-order chi connectivity index (χ1) is 4.93. The third-order valence-corrected chi connectivity index (χ3v) is 0.989. The van der Waals surface area contributed by atoms with Crippen molar-refractivity contribution in [3.63, 3.8) is 0 Å². The summed E-state index contributed by atoms with van der Waals surface area (Å²) in [7, 11) is 0. The second kappa shape index (κ2) is 2.46. The van der Waals surface area contributed by atoms with E-state index in [-0.39, 0.29) is 6.10 Å². The van der Waals surface area contributed by atoms with Crippen LogP contribution in [0.4, 0.5) is 0 Å². The highest BCUT2D eigenvalue weighted by Gasteiger charge is 2.12. The molecule has 4 atom stereocenters. The van der Waals surface area contributed by atoms with Gasteiger partial charge in [0, 0.05) is 15.8 Å². The third kappa shape index (κ3) is 1.46. The Morgan fingerprint density at radius 1 is 1.75 bits per heavy atom. The van der Waals surface area contributed by atoms with E-state index in [0.29, 0.717) is 0 Å². The molecule has 2 nitrogen and oxygen atoms in total. The highest BCUT2D eigenvalue weighted by molar-refractivity contribution is 4.66. The van der Waals surface area contributed by atoms with E-state index >= 15 is 0 Å². The van der Waals surface area contributed by atoms with Gasteiger partial charge < -0.3 is 10.1 Å². The molecule has 8 heavy (non-hydrogen) atoms. The standard InChI is InChI=1S/C6H13NO/c1-5-3-7-4-6(2)8-5/h5-7H,3-4H2,1-2H3/i3D,4D,5D. The minimum atomic E-state index is -1.23. The lowest BCUT2D eigenvalue weighted by molar-refractivity contribution is -0.0166. The van der Waals surface area contributed by atoms with Crippen molar-refractivity contribution in [2.45, 2.75) is 26.0 Å². The van der Waals surface area contributed by atoms with Crippen LogP contribution < -0.4 is 5.32 Å². The zero-order valence-electron chi connectivity index (χ0n) is 8.14. The molecule has 1 aliphatic rings. The molecule has 0 saturated carbocycles. The van der Waals surface area contributed by atoms with Crippen LogP contribution in [0.5, 0.6) is 0 Å². The Labute approximate surface area is 54.4 Å². The molecule has 0 amide bonds. The van der Waals surface area contributed by atoms with E-state index in [4.69, 9.17) is 8.85 Å². The van der Waals surface area contributed by atoms with Gasteiger partial charge in [-0.15, -0.1) is 0 Å². The zero-order valence-corrected chi connectivity index (χ0v) is 5.14. The van der Waals surface area contributed by atoms with Crippen molar-refractivity contribution in [1.82, 2.24) is 5.32 Å². The van der Waals surface area contributed by atoms with Crippen molar-refractivity contribution >= 4 is 0 Å². The van der Waals surface area contributed by atoms with Gasteiger partial charge in [-0.3, -0.25) is 0 Å². The quantitative estimate of drug-likeness (QED) is 0.496. The summed E-state index contributed by atoms with van der Waals surface area (Å²) >= 11 is 0. The zero-order chi connectivity index (χ0) is 8.65. The molecular weight excluding hydrogens is 102 g/mol. The molecule has 0 bridgehead atoms. The van der Waals surface area contributed by atoms with Gasteiger partial charge in [-0.2, -0.15) is 0 Å². The first-order valence-corrected chi connectivity index (χ1v) is 2.72. The van der Waals surface area contributed by atoms with Gasteiger partial charge in [-0.25, -0.2) is 0 Å². The largest absolute Gasteiger partial charge is 0.373 e. The molecule has 1 aliphatic heterocycles. The Kier molecular flexibility index (Phi) is 0.980. The Morgan fingerprint density at radius 2 is 2.50 bits per heavy atom. The molecule has 1 heterocycles. The van der Waals surface area contributed by atoms with Crippen LogP contribution in [0, 0.1) is 0 Å². The second-order valence-corrected chi connectivity index (χ2v) is 1.91. The van der Waals surface area contributed by atoms with E-state index in [1.165, 1.54) is 6.92 Å². The van der Waals surface area contributed by atoms with Gasteiger partial charge in [0.25, 0.3) is 0 Å². The van der Waals surface area contributed by atoms with Crippen molar-refractivity contribution < 1.29 is 8.85 Å². The molecule has 0 aliphatic carbocycles. The van der Waals surface area contributed by atoms with Crippen LogP contribution in [0.2, 0.25) is 0 Å². The Balaban J connectivity index is 2.63. The van der Waals surface area contributed by atoms with Gasteiger partial charge in [-0.1, -0.05) is 0 Å². The van der Waals surface area contributed by atoms with E-state index in [1.54, 1.807) is 6.92 Å². The summed E-state index contributed by atoms with van der Waals surface area (Å²) in [5, 5.41) is 2.64. The van der Waals surface area contributed by atoms with Crippen LogP contribution in [0.15, 0.2) is 0 Å². The minimum Gasteiger partial charge on any atom is -0.373 e. The summed E-state index contributed by atoms with van der Waals surface area (Å²) in [4.78, 5) is 0. The van der Waals surface area contributed by atoms with Crippen LogP contribution in [0.1, 0.15) is 18.0 Å². The molecule has 0 aromatic heterocycles.